The summed E-state index contributed by atoms with van der Waals surface area (Å²) < 4.78 is 23.1. The van der Waals surface area contributed by atoms with E-state index in [1.165, 1.54) is 4.88 Å². The first kappa shape index (κ1) is 14.7. The minimum absolute atomic E-state index is 0.187. The monoisotopic (exact) mass is 275 g/mol. The van der Waals surface area contributed by atoms with E-state index >= 15 is 0 Å². The quantitative estimate of drug-likeness (QED) is 0.898. The topological polar surface area (TPSA) is 46.2 Å². The molecular formula is C12H21NO2S2. The van der Waals surface area contributed by atoms with E-state index in [4.69, 9.17) is 0 Å². The average molecular weight is 275 g/mol. The van der Waals surface area contributed by atoms with Crippen molar-refractivity contribution < 1.29 is 8.42 Å². The molecule has 1 unspecified atom stereocenters. The molecule has 1 atom stereocenters. The van der Waals surface area contributed by atoms with Gasteiger partial charge < -0.3 is 5.32 Å². The summed E-state index contributed by atoms with van der Waals surface area (Å²) in [5, 5.41) is 5.27. The molecule has 0 aliphatic heterocycles. The van der Waals surface area contributed by atoms with Crippen LogP contribution >= 0.6 is 11.3 Å². The molecule has 1 N–H and O–H groups in total. The van der Waals surface area contributed by atoms with E-state index in [0.29, 0.717) is 6.54 Å². The first-order valence-electron chi connectivity index (χ1n) is 5.73. The molecule has 1 rings (SSSR count). The highest BCUT2D eigenvalue weighted by atomic mass is 32.2. The van der Waals surface area contributed by atoms with E-state index in [1.807, 2.05) is 11.4 Å². The van der Waals surface area contributed by atoms with Crippen molar-refractivity contribution in [3.8, 4) is 0 Å². The Labute approximate surface area is 108 Å². The van der Waals surface area contributed by atoms with Crippen LogP contribution in [0.3, 0.4) is 0 Å². The zero-order valence-electron chi connectivity index (χ0n) is 10.9. The summed E-state index contributed by atoms with van der Waals surface area (Å²) in [6.45, 7) is 7.77. The molecule has 0 amide bonds. The van der Waals surface area contributed by atoms with Gasteiger partial charge in [0.05, 0.1) is 10.5 Å². The van der Waals surface area contributed by atoms with Gasteiger partial charge in [-0.05, 0) is 39.1 Å². The molecule has 0 aromatic carbocycles. The second-order valence-electron chi connectivity index (χ2n) is 5.12. The second-order valence-corrected chi connectivity index (χ2v) is 8.96. The third-order valence-corrected chi connectivity index (χ3v) is 6.39. The summed E-state index contributed by atoms with van der Waals surface area (Å²) in [4.78, 5) is 1.23. The van der Waals surface area contributed by atoms with Gasteiger partial charge in [0.1, 0.15) is 0 Å². The number of hydrogen-bond acceptors (Lipinski definition) is 4. The van der Waals surface area contributed by atoms with Crippen LogP contribution in [0.1, 0.15) is 38.6 Å². The molecule has 5 heteroatoms. The molecule has 0 aliphatic carbocycles. The standard InChI is InChI=1S/C12H21NO2S2/c1-10(11-6-5-8-16-11)13-7-9-17(14,15)12(2,3)4/h5-6,8,10,13H,7,9H2,1-4H3. The normalized spacial score (nSPS) is 14.8. The molecule has 0 saturated carbocycles. The molecule has 98 valence electrons. The van der Waals surface area contributed by atoms with Crippen molar-refractivity contribution in [1.29, 1.82) is 0 Å². The zero-order chi connectivity index (χ0) is 13.1. The maximum absolute atomic E-state index is 11.9. The molecule has 1 heterocycles. The molecule has 0 radical (unpaired) electrons. The van der Waals surface area contributed by atoms with Gasteiger partial charge in [0.15, 0.2) is 9.84 Å². The fourth-order valence-electron chi connectivity index (χ4n) is 1.35. The molecule has 1 aromatic rings. The fourth-order valence-corrected chi connectivity index (χ4v) is 3.11. The highest BCUT2D eigenvalue weighted by Crippen LogP contribution is 2.19. The minimum Gasteiger partial charge on any atom is -0.308 e. The highest BCUT2D eigenvalue weighted by Gasteiger charge is 2.28. The fraction of sp³-hybridized carbons (Fsp3) is 0.667. The van der Waals surface area contributed by atoms with Crippen LogP contribution in [-0.4, -0.2) is 25.5 Å². The van der Waals surface area contributed by atoms with Crippen molar-refractivity contribution in [2.75, 3.05) is 12.3 Å². The summed E-state index contributed by atoms with van der Waals surface area (Å²) in [5.41, 5.74) is 0. The maximum atomic E-state index is 11.9. The van der Waals surface area contributed by atoms with Gasteiger partial charge in [-0.3, -0.25) is 0 Å². The van der Waals surface area contributed by atoms with Gasteiger partial charge >= 0.3 is 0 Å². The van der Waals surface area contributed by atoms with E-state index in [-0.39, 0.29) is 11.8 Å². The Balaban J connectivity index is 2.44. The predicted octanol–water partition coefficient (Wildman–Crippen LogP) is 2.61. The van der Waals surface area contributed by atoms with Crippen LogP contribution in [0.25, 0.3) is 0 Å². The van der Waals surface area contributed by atoms with E-state index in [9.17, 15) is 8.42 Å². The van der Waals surface area contributed by atoms with Crippen molar-refractivity contribution in [2.45, 2.75) is 38.5 Å². The average Bonchev–Trinajstić information content (AvgIpc) is 2.67. The Kier molecular flexibility index (Phi) is 4.75. The van der Waals surface area contributed by atoms with E-state index in [0.717, 1.165) is 0 Å². The zero-order valence-corrected chi connectivity index (χ0v) is 12.5. The van der Waals surface area contributed by atoms with Crippen molar-refractivity contribution in [1.82, 2.24) is 5.32 Å². The van der Waals surface area contributed by atoms with Crippen LogP contribution in [0.2, 0.25) is 0 Å². The molecule has 1 aromatic heterocycles. The smallest absolute Gasteiger partial charge is 0.156 e. The lowest BCUT2D eigenvalue weighted by Crippen LogP contribution is -2.35. The number of rotatable bonds is 5. The summed E-state index contributed by atoms with van der Waals surface area (Å²) in [5.74, 6) is 0.187. The Hall–Kier alpha value is -0.390. The second kappa shape index (κ2) is 5.50. The van der Waals surface area contributed by atoms with Crippen LogP contribution in [0.15, 0.2) is 17.5 Å². The molecule has 17 heavy (non-hydrogen) atoms. The largest absolute Gasteiger partial charge is 0.308 e. The summed E-state index contributed by atoms with van der Waals surface area (Å²) in [6, 6.07) is 4.27. The van der Waals surface area contributed by atoms with Gasteiger partial charge in [-0.15, -0.1) is 11.3 Å². The van der Waals surface area contributed by atoms with Gasteiger partial charge in [-0.2, -0.15) is 0 Å². The number of nitrogens with one attached hydrogen (secondary N) is 1. The van der Waals surface area contributed by atoms with E-state index in [2.05, 4.69) is 18.3 Å². The third kappa shape index (κ3) is 4.08. The summed E-state index contributed by atoms with van der Waals surface area (Å²) >= 11 is 1.68. The Morgan fingerprint density at radius 3 is 2.53 bits per heavy atom. The lowest BCUT2D eigenvalue weighted by atomic mass is 10.3. The van der Waals surface area contributed by atoms with Gasteiger partial charge in [0.25, 0.3) is 0 Å². The van der Waals surface area contributed by atoms with Crippen molar-refractivity contribution >= 4 is 21.2 Å². The molecule has 0 aliphatic rings. The number of thiophene rings is 1. The van der Waals surface area contributed by atoms with Crippen molar-refractivity contribution in [3.63, 3.8) is 0 Å². The molecule has 0 bridgehead atoms. The van der Waals surface area contributed by atoms with Gasteiger partial charge in [-0.1, -0.05) is 6.07 Å². The third-order valence-electron chi connectivity index (χ3n) is 2.72. The minimum atomic E-state index is -3.02. The van der Waals surface area contributed by atoms with Gasteiger partial charge in [0.2, 0.25) is 0 Å². The predicted molar refractivity (Wildman–Crippen MR) is 74.3 cm³/mol. The van der Waals surface area contributed by atoms with Crippen molar-refractivity contribution in [3.05, 3.63) is 22.4 Å². The van der Waals surface area contributed by atoms with Crippen LogP contribution in [0.5, 0.6) is 0 Å². The Bertz CT molecular complexity index is 430. The van der Waals surface area contributed by atoms with Gasteiger partial charge in [-0.25, -0.2) is 8.42 Å². The SMILES string of the molecule is CC(NCCS(=O)(=O)C(C)(C)C)c1cccs1. The Morgan fingerprint density at radius 1 is 1.41 bits per heavy atom. The first-order chi connectivity index (χ1) is 7.74. The number of sulfone groups is 1. The number of hydrogen-bond donors (Lipinski definition) is 1. The molecule has 0 fully saturated rings. The van der Waals surface area contributed by atoms with Crippen molar-refractivity contribution in [2.24, 2.45) is 0 Å². The highest BCUT2D eigenvalue weighted by molar-refractivity contribution is 7.92. The van der Waals surface area contributed by atoms with Crippen LogP contribution < -0.4 is 5.32 Å². The lowest BCUT2D eigenvalue weighted by molar-refractivity contribution is 0.548. The Morgan fingerprint density at radius 2 is 2.06 bits per heavy atom. The summed E-state index contributed by atoms with van der Waals surface area (Å²) in [6.07, 6.45) is 0. The first-order valence-corrected chi connectivity index (χ1v) is 8.26. The molecular weight excluding hydrogens is 254 g/mol. The maximum Gasteiger partial charge on any atom is 0.156 e. The van der Waals surface area contributed by atoms with E-state index in [1.54, 1.807) is 32.1 Å². The van der Waals surface area contributed by atoms with Gasteiger partial charge in [0, 0.05) is 17.5 Å². The lowest BCUT2D eigenvalue weighted by Gasteiger charge is -2.20. The summed E-state index contributed by atoms with van der Waals surface area (Å²) in [7, 11) is -3.02. The van der Waals surface area contributed by atoms with Crippen LogP contribution in [0, 0.1) is 0 Å². The molecule has 3 nitrogen and oxygen atoms in total. The molecule has 0 saturated heterocycles. The molecule has 0 spiro atoms. The van der Waals surface area contributed by atoms with E-state index < -0.39 is 14.6 Å². The van der Waals surface area contributed by atoms with Crippen LogP contribution in [0.4, 0.5) is 0 Å². The van der Waals surface area contributed by atoms with Crippen LogP contribution in [-0.2, 0) is 9.84 Å².